The first kappa shape index (κ1) is 20.7. The summed E-state index contributed by atoms with van der Waals surface area (Å²) in [4.78, 5) is 2.45. The van der Waals surface area contributed by atoms with E-state index in [0.717, 1.165) is 73.8 Å². The fourth-order valence-corrected chi connectivity index (χ4v) is 4.51. The molecule has 0 radical (unpaired) electrons. The molecule has 2 aliphatic heterocycles. The summed E-state index contributed by atoms with van der Waals surface area (Å²) in [5.41, 5.74) is 2.88. The third-order valence-electron chi connectivity index (χ3n) is 6.17. The van der Waals surface area contributed by atoms with E-state index < -0.39 is 0 Å². The Morgan fingerprint density at radius 1 is 1.09 bits per heavy atom. The lowest BCUT2D eigenvalue weighted by atomic mass is 10.1. The number of morpholine rings is 1. The molecule has 7 heteroatoms. The van der Waals surface area contributed by atoms with Crippen molar-refractivity contribution in [1.29, 1.82) is 0 Å². The lowest BCUT2D eigenvalue weighted by Gasteiger charge is -2.26. The first-order valence-corrected chi connectivity index (χ1v) is 11.0. The summed E-state index contributed by atoms with van der Waals surface area (Å²) in [5.74, 6) is 2.08. The number of fused-ring (bicyclic) bond motifs is 2. The SMILES string of the molecule is COc1ccc2c(c1)c(C=C1Cc3c(O)cc(O)cc3O1)cn2CCCN1CCOCC1. The maximum absolute atomic E-state index is 10.1. The van der Waals surface area contributed by atoms with Crippen LogP contribution < -0.4 is 9.47 Å². The minimum absolute atomic E-state index is 0.0101. The molecule has 3 heterocycles. The predicted octanol–water partition coefficient (Wildman–Crippen LogP) is 3.76. The lowest BCUT2D eigenvalue weighted by molar-refractivity contribution is 0.0369. The number of aromatic nitrogens is 1. The van der Waals surface area contributed by atoms with Gasteiger partial charge in [0, 0.05) is 73.0 Å². The number of allylic oxidation sites excluding steroid dienone is 1. The van der Waals surface area contributed by atoms with E-state index in [9.17, 15) is 10.2 Å². The topological polar surface area (TPSA) is 76.3 Å². The van der Waals surface area contributed by atoms with Crippen molar-refractivity contribution >= 4 is 17.0 Å². The van der Waals surface area contributed by atoms with E-state index in [1.165, 1.54) is 12.1 Å². The van der Waals surface area contributed by atoms with Crippen LogP contribution in [0.1, 0.15) is 17.5 Å². The number of rotatable bonds is 6. The quantitative estimate of drug-likeness (QED) is 0.613. The van der Waals surface area contributed by atoms with Crippen molar-refractivity contribution in [2.45, 2.75) is 19.4 Å². The fourth-order valence-electron chi connectivity index (χ4n) is 4.51. The molecule has 32 heavy (non-hydrogen) atoms. The molecule has 0 spiro atoms. The molecular weight excluding hydrogens is 408 g/mol. The Kier molecular flexibility index (Phi) is 5.68. The second-order valence-electron chi connectivity index (χ2n) is 8.30. The van der Waals surface area contributed by atoms with Crippen LogP contribution in [0.2, 0.25) is 0 Å². The van der Waals surface area contributed by atoms with Gasteiger partial charge in [0.25, 0.3) is 0 Å². The van der Waals surface area contributed by atoms with Crippen LogP contribution in [0.3, 0.4) is 0 Å². The Morgan fingerprint density at radius 2 is 1.94 bits per heavy atom. The predicted molar refractivity (Wildman–Crippen MR) is 122 cm³/mol. The minimum atomic E-state index is -0.0101. The molecule has 1 aromatic heterocycles. The molecule has 0 bridgehead atoms. The zero-order chi connectivity index (χ0) is 22.1. The van der Waals surface area contributed by atoms with Gasteiger partial charge in [-0.25, -0.2) is 0 Å². The van der Waals surface area contributed by atoms with Crippen LogP contribution in [0.5, 0.6) is 23.0 Å². The summed E-state index contributed by atoms with van der Waals surface area (Å²) in [6, 6.07) is 9.01. The molecule has 2 aromatic carbocycles. The van der Waals surface area contributed by atoms with Gasteiger partial charge in [0.2, 0.25) is 0 Å². The Hall–Kier alpha value is -3.16. The molecule has 1 fully saturated rings. The number of phenolic OH excluding ortho intramolecular Hbond substituents is 2. The summed E-state index contributed by atoms with van der Waals surface area (Å²) in [6.45, 7) is 5.61. The van der Waals surface area contributed by atoms with Crippen molar-refractivity contribution in [2.75, 3.05) is 40.0 Å². The molecule has 168 valence electrons. The Labute approximate surface area is 187 Å². The number of nitrogens with zero attached hydrogens (tertiary/aromatic N) is 2. The van der Waals surface area contributed by atoms with Crippen molar-refractivity contribution in [2.24, 2.45) is 0 Å². The van der Waals surface area contributed by atoms with Gasteiger partial charge in [-0.05, 0) is 30.7 Å². The van der Waals surface area contributed by atoms with E-state index in [-0.39, 0.29) is 11.5 Å². The molecule has 0 atom stereocenters. The first-order chi connectivity index (χ1) is 15.6. The van der Waals surface area contributed by atoms with Gasteiger partial charge < -0.3 is 29.0 Å². The van der Waals surface area contributed by atoms with Gasteiger partial charge in [0.1, 0.15) is 28.8 Å². The average molecular weight is 437 g/mol. The third-order valence-corrected chi connectivity index (χ3v) is 6.17. The molecule has 5 rings (SSSR count). The average Bonchev–Trinajstić information content (AvgIpc) is 3.35. The van der Waals surface area contributed by atoms with Gasteiger partial charge in [-0.15, -0.1) is 0 Å². The van der Waals surface area contributed by atoms with Crippen LogP contribution in [0.25, 0.3) is 17.0 Å². The first-order valence-electron chi connectivity index (χ1n) is 11.0. The number of hydrogen-bond donors (Lipinski definition) is 2. The zero-order valence-corrected chi connectivity index (χ0v) is 18.2. The second kappa shape index (κ2) is 8.76. The molecule has 0 amide bonds. The molecular formula is C25H28N2O5. The highest BCUT2D eigenvalue weighted by Gasteiger charge is 2.23. The van der Waals surface area contributed by atoms with Crippen molar-refractivity contribution in [3.05, 3.63) is 53.4 Å². The van der Waals surface area contributed by atoms with Gasteiger partial charge in [0.15, 0.2) is 0 Å². The molecule has 0 unspecified atom stereocenters. The summed E-state index contributed by atoms with van der Waals surface area (Å²) in [6.07, 6.45) is 5.70. The van der Waals surface area contributed by atoms with Crippen LogP contribution in [-0.2, 0) is 17.7 Å². The van der Waals surface area contributed by atoms with Gasteiger partial charge in [0.05, 0.1) is 20.3 Å². The highest BCUT2D eigenvalue weighted by atomic mass is 16.5. The van der Waals surface area contributed by atoms with Gasteiger partial charge in [-0.1, -0.05) is 0 Å². The van der Waals surface area contributed by atoms with E-state index >= 15 is 0 Å². The number of methoxy groups -OCH3 is 1. The molecule has 7 nitrogen and oxygen atoms in total. The highest BCUT2D eigenvalue weighted by molar-refractivity contribution is 5.91. The maximum Gasteiger partial charge on any atom is 0.137 e. The molecule has 0 saturated carbocycles. The second-order valence-corrected chi connectivity index (χ2v) is 8.30. The number of hydrogen-bond acceptors (Lipinski definition) is 6. The Morgan fingerprint density at radius 3 is 2.75 bits per heavy atom. The smallest absolute Gasteiger partial charge is 0.137 e. The van der Waals surface area contributed by atoms with E-state index in [2.05, 4.69) is 21.7 Å². The summed E-state index contributed by atoms with van der Waals surface area (Å²) in [7, 11) is 1.67. The van der Waals surface area contributed by atoms with Gasteiger partial charge in [-0.2, -0.15) is 0 Å². The summed E-state index contributed by atoms with van der Waals surface area (Å²) < 4.78 is 19.1. The summed E-state index contributed by atoms with van der Waals surface area (Å²) >= 11 is 0. The number of benzene rings is 2. The molecule has 2 N–H and O–H groups in total. The normalized spacial score (nSPS) is 17.6. The van der Waals surface area contributed by atoms with Crippen molar-refractivity contribution in [3.63, 3.8) is 0 Å². The molecule has 0 aliphatic carbocycles. The van der Waals surface area contributed by atoms with Crippen LogP contribution >= 0.6 is 0 Å². The van der Waals surface area contributed by atoms with Crippen molar-refractivity contribution < 1.29 is 24.4 Å². The zero-order valence-electron chi connectivity index (χ0n) is 18.2. The number of phenols is 2. The Balaban J connectivity index is 1.41. The van der Waals surface area contributed by atoms with Crippen molar-refractivity contribution in [1.82, 2.24) is 9.47 Å². The third kappa shape index (κ3) is 4.13. The monoisotopic (exact) mass is 436 g/mol. The number of aryl methyl sites for hydroxylation is 1. The van der Waals surface area contributed by atoms with Gasteiger partial charge in [-0.3, -0.25) is 4.90 Å². The summed E-state index contributed by atoms with van der Waals surface area (Å²) in [5, 5.41) is 21.0. The fraction of sp³-hybridized carbons (Fsp3) is 0.360. The van der Waals surface area contributed by atoms with Crippen LogP contribution in [-0.4, -0.2) is 59.6 Å². The van der Waals surface area contributed by atoms with Crippen LogP contribution in [0.4, 0.5) is 0 Å². The highest BCUT2D eigenvalue weighted by Crippen LogP contribution is 2.41. The van der Waals surface area contributed by atoms with E-state index in [1.54, 1.807) is 7.11 Å². The standard InChI is InChI=1S/C25H28N2O5/c1-30-19-3-4-23-21(14-19)17(16-27(23)6-2-5-26-7-9-31-10-8-26)11-20-15-22-24(29)12-18(28)13-25(22)32-20/h3-4,11-14,16,28-29H,2,5-10,15H2,1H3. The van der Waals surface area contributed by atoms with E-state index in [1.807, 2.05) is 18.2 Å². The lowest BCUT2D eigenvalue weighted by Crippen LogP contribution is -2.37. The molecule has 2 aliphatic rings. The van der Waals surface area contributed by atoms with Crippen LogP contribution in [0.15, 0.2) is 42.3 Å². The molecule has 1 saturated heterocycles. The number of aromatic hydroxyl groups is 2. The van der Waals surface area contributed by atoms with E-state index in [4.69, 9.17) is 14.2 Å². The number of ether oxygens (including phenoxy) is 3. The minimum Gasteiger partial charge on any atom is -0.508 e. The largest absolute Gasteiger partial charge is 0.508 e. The van der Waals surface area contributed by atoms with Gasteiger partial charge >= 0.3 is 0 Å². The maximum atomic E-state index is 10.1. The van der Waals surface area contributed by atoms with Crippen molar-refractivity contribution in [3.8, 4) is 23.0 Å². The van der Waals surface area contributed by atoms with Crippen LogP contribution in [0, 0.1) is 0 Å². The Bertz CT molecular complexity index is 1160. The molecule has 3 aromatic rings. The van der Waals surface area contributed by atoms with E-state index in [0.29, 0.717) is 17.7 Å².